The van der Waals surface area contributed by atoms with Crippen molar-refractivity contribution < 1.29 is 58.2 Å². The quantitative estimate of drug-likeness (QED) is 0.0228. The highest BCUT2D eigenvalue weighted by atomic mass is 16.7. The van der Waals surface area contributed by atoms with Gasteiger partial charge >= 0.3 is 23.9 Å². The Balaban J connectivity index is 2.73. The van der Waals surface area contributed by atoms with Crippen LogP contribution in [0.1, 0.15) is 252 Å². The maximum atomic E-state index is 13.1. The molecule has 0 amide bonds. The number of carbonyl (C=O) groups is 4. The van der Waals surface area contributed by atoms with Gasteiger partial charge in [0.1, 0.15) is 18.8 Å². The number of unbranched alkanes of at least 4 members (excludes halogenated alkanes) is 23. The largest absolute Gasteiger partial charge is 0.479 e. The molecule has 1 saturated heterocycles. The van der Waals surface area contributed by atoms with Gasteiger partial charge in [0.15, 0.2) is 24.6 Å². The van der Waals surface area contributed by atoms with Gasteiger partial charge in [-0.15, -0.1) is 0 Å². The number of carbonyl (C=O) groups excluding carboxylic acids is 3. The van der Waals surface area contributed by atoms with Crippen LogP contribution in [0.25, 0.3) is 0 Å². The van der Waals surface area contributed by atoms with Crippen LogP contribution in [0.4, 0.5) is 0 Å². The molecule has 0 aromatic rings. The van der Waals surface area contributed by atoms with Crippen LogP contribution in [0, 0.1) is 0 Å². The molecule has 1 aliphatic heterocycles. The highest BCUT2D eigenvalue weighted by Gasteiger charge is 2.50. The Morgan fingerprint density at radius 3 is 1.30 bits per heavy atom. The summed E-state index contributed by atoms with van der Waals surface area (Å²) >= 11 is 0. The van der Waals surface area contributed by atoms with Crippen LogP contribution >= 0.6 is 0 Å². The summed E-state index contributed by atoms with van der Waals surface area (Å²) in [6.45, 7) is 5.81. The molecule has 0 saturated carbocycles. The average molecular weight is 1080 g/mol. The first-order valence-corrected chi connectivity index (χ1v) is 30.6. The van der Waals surface area contributed by atoms with Crippen LogP contribution in [-0.4, -0.2) is 89.2 Å². The second-order valence-electron chi connectivity index (χ2n) is 20.6. The smallest absolute Gasteiger partial charge is 0.335 e. The standard InChI is InChI=1S/C65H108O12/c1-4-7-10-13-16-19-22-25-27-28-29-30-32-34-36-39-42-45-48-51-57(66)73-54-56(75-58(67)52-49-46-43-40-37-33-24-21-18-15-12-9-6-3)55-74-65-63(61(70)60(69)62(77-65)64(71)72)76-59(68)53-50-47-44-41-38-35-31-26-23-20-17-14-11-8-5-2/h7,10,16,19,25-27,29-31,34,36,42,45,56,60-63,65,69-70H,4-6,8-9,11-15,17-18,20-24,28,32-33,35,37-41,43-44,46-55H2,1-3H3,(H,71,72)/b10-7-,19-16-,27-25-,30-29-,31-26-,36-34-,45-42-. The topological polar surface area (TPSA) is 175 Å². The Bertz CT molecular complexity index is 1660. The van der Waals surface area contributed by atoms with Crippen LogP contribution in [-0.2, 0) is 42.9 Å². The third-order valence-corrected chi connectivity index (χ3v) is 13.5. The number of hydrogen-bond acceptors (Lipinski definition) is 11. The Kier molecular flexibility index (Phi) is 48.4. The predicted molar refractivity (Wildman–Crippen MR) is 312 cm³/mol. The average Bonchev–Trinajstić information content (AvgIpc) is 3.42. The molecule has 6 unspecified atom stereocenters. The van der Waals surface area contributed by atoms with E-state index in [4.69, 9.17) is 23.7 Å². The minimum Gasteiger partial charge on any atom is -0.479 e. The second kappa shape index (κ2) is 52.6. The van der Waals surface area contributed by atoms with Gasteiger partial charge in [-0.1, -0.05) is 234 Å². The van der Waals surface area contributed by atoms with Gasteiger partial charge in [-0.25, -0.2) is 4.79 Å². The number of ether oxygens (including phenoxy) is 5. The van der Waals surface area contributed by atoms with Crippen molar-refractivity contribution in [1.29, 1.82) is 0 Å². The first kappa shape index (κ1) is 70.9. The normalized spacial score (nSPS) is 18.6. The van der Waals surface area contributed by atoms with Gasteiger partial charge in [0.25, 0.3) is 0 Å². The second-order valence-corrected chi connectivity index (χ2v) is 20.6. The third kappa shape index (κ3) is 42.5. The van der Waals surface area contributed by atoms with E-state index < -0.39 is 67.3 Å². The molecule has 440 valence electrons. The van der Waals surface area contributed by atoms with Gasteiger partial charge in [-0.3, -0.25) is 14.4 Å². The first-order valence-electron chi connectivity index (χ1n) is 30.6. The van der Waals surface area contributed by atoms with E-state index in [1.807, 2.05) is 12.2 Å². The number of aliphatic hydroxyl groups is 2. The number of rotatable bonds is 51. The molecular weight excluding hydrogens is 973 g/mol. The van der Waals surface area contributed by atoms with Crippen molar-refractivity contribution in [3.05, 3.63) is 85.1 Å². The minimum absolute atomic E-state index is 0.0422. The van der Waals surface area contributed by atoms with Crippen molar-refractivity contribution in [2.24, 2.45) is 0 Å². The lowest BCUT2D eigenvalue weighted by Crippen LogP contribution is -2.61. The summed E-state index contributed by atoms with van der Waals surface area (Å²) in [5.41, 5.74) is 0. The van der Waals surface area contributed by atoms with Gasteiger partial charge in [0.05, 0.1) is 6.61 Å². The van der Waals surface area contributed by atoms with Gasteiger partial charge < -0.3 is 39.0 Å². The Morgan fingerprint density at radius 2 is 0.844 bits per heavy atom. The van der Waals surface area contributed by atoms with Crippen LogP contribution < -0.4 is 0 Å². The SMILES string of the molecule is CC/C=C\C/C=C\C/C=C\C/C=C\C/C=C\C/C=C\CCC(=O)OCC(COC1OC(C(=O)O)C(O)C(O)C1OC(=O)CCCCCCC/C=C\CCCCCCCC)OC(=O)CCCCCCCCCCCCCCC. The number of carboxylic acids is 1. The fourth-order valence-corrected chi connectivity index (χ4v) is 8.80. The van der Waals surface area contributed by atoms with E-state index in [0.717, 1.165) is 96.3 Å². The van der Waals surface area contributed by atoms with Crippen molar-refractivity contribution in [2.45, 2.75) is 289 Å². The summed E-state index contributed by atoms with van der Waals surface area (Å²) in [5, 5.41) is 31.5. The predicted octanol–water partition coefficient (Wildman–Crippen LogP) is 15.9. The van der Waals surface area contributed by atoms with E-state index in [2.05, 4.69) is 93.7 Å². The van der Waals surface area contributed by atoms with E-state index >= 15 is 0 Å². The number of esters is 3. The minimum atomic E-state index is -1.92. The molecule has 1 rings (SSSR count). The third-order valence-electron chi connectivity index (χ3n) is 13.5. The molecule has 3 N–H and O–H groups in total. The van der Waals surface area contributed by atoms with Gasteiger partial charge in [0.2, 0.25) is 0 Å². The van der Waals surface area contributed by atoms with Gasteiger partial charge in [-0.2, -0.15) is 0 Å². The molecule has 1 heterocycles. The van der Waals surface area contributed by atoms with E-state index in [0.29, 0.717) is 19.3 Å². The summed E-state index contributed by atoms with van der Waals surface area (Å²) in [4.78, 5) is 51.1. The highest BCUT2D eigenvalue weighted by Crippen LogP contribution is 2.26. The van der Waals surface area contributed by atoms with Crippen molar-refractivity contribution in [3.8, 4) is 0 Å². The maximum absolute atomic E-state index is 13.1. The van der Waals surface area contributed by atoms with E-state index in [1.165, 1.54) is 96.3 Å². The molecule has 0 aromatic heterocycles. The molecule has 1 aliphatic rings. The molecule has 12 heteroatoms. The zero-order valence-corrected chi connectivity index (χ0v) is 48.4. The molecule has 0 bridgehead atoms. The summed E-state index contributed by atoms with van der Waals surface area (Å²) in [7, 11) is 0. The molecule has 0 spiro atoms. The number of allylic oxidation sites excluding steroid dienone is 14. The Hall–Kier alpha value is -4.10. The summed E-state index contributed by atoms with van der Waals surface area (Å²) < 4.78 is 28.4. The van der Waals surface area contributed by atoms with Crippen molar-refractivity contribution in [3.63, 3.8) is 0 Å². The van der Waals surface area contributed by atoms with Crippen LogP contribution in [0.15, 0.2) is 85.1 Å². The first-order chi connectivity index (χ1) is 37.6. The monoisotopic (exact) mass is 1080 g/mol. The van der Waals surface area contributed by atoms with Crippen molar-refractivity contribution in [2.75, 3.05) is 13.2 Å². The van der Waals surface area contributed by atoms with E-state index in [1.54, 1.807) is 0 Å². The molecule has 6 atom stereocenters. The van der Waals surface area contributed by atoms with Crippen molar-refractivity contribution in [1.82, 2.24) is 0 Å². The molecule has 0 aromatic carbocycles. The maximum Gasteiger partial charge on any atom is 0.335 e. The number of carboxylic acid groups (broad SMARTS) is 1. The molecular formula is C65H108O12. The fraction of sp³-hybridized carbons (Fsp3) is 0.723. The summed E-state index contributed by atoms with van der Waals surface area (Å²) in [6, 6.07) is 0. The molecule has 77 heavy (non-hydrogen) atoms. The van der Waals surface area contributed by atoms with E-state index in [-0.39, 0.29) is 25.9 Å². The molecule has 0 aliphatic carbocycles. The van der Waals surface area contributed by atoms with Crippen LogP contribution in [0.2, 0.25) is 0 Å². The Morgan fingerprint density at radius 1 is 0.442 bits per heavy atom. The van der Waals surface area contributed by atoms with Crippen LogP contribution in [0.5, 0.6) is 0 Å². The van der Waals surface area contributed by atoms with E-state index in [9.17, 15) is 34.5 Å². The number of aliphatic carboxylic acids is 1. The molecule has 12 nitrogen and oxygen atoms in total. The number of hydrogen-bond donors (Lipinski definition) is 3. The summed E-state index contributed by atoms with van der Waals surface area (Å²) in [6.07, 6.45) is 55.6. The number of aliphatic hydroxyl groups excluding tert-OH is 2. The zero-order valence-electron chi connectivity index (χ0n) is 48.4. The highest BCUT2D eigenvalue weighted by molar-refractivity contribution is 5.74. The Labute approximate surface area is 467 Å². The summed E-state index contributed by atoms with van der Waals surface area (Å²) in [5.74, 6) is -3.23. The van der Waals surface area contributed by atoms with Gasteiger partial charge in [0, 0.05) is 19.3 Å². The molecule has 1 fully saturated rings. The zero-order chi connectivity index (χ0) is 56.1. The fourth-order valence-electron chi connectivity index (χ4n) is 8.80. The van der Waals surface area contributed by atoms with Gasteiger partial charge in [-0.05, 0) is 83.5 Å². The lowest BCUT2D eigenvalue weighted by Gasteiger charge is -2.40. The van der Waals surface area contributed by atoms with Crippen LogP contribution in [0.3, 0.4) is 0 Å². The van der Waals surface area contributed by atoms with Crippen molar-refractivity contribution >= 4 is 23.9 Å². The lowest BCUT2D eigenvalue weighted by molar-refractivity contribution is -0.301. The lowest BCUT2D eigenvalue weighted by atomic mass is 9.98. The molecule has 0 radical (unpaired) electrons.